The summed E-state index contributed by atoms with van der Waals surface area (Å²) in [5.74, 6) is 1.23. The molecule has 0 radical (unpaired) electrons. The minimum atomic E-state index is -0.512. The molecule has 32 heavy (non-hydrogen) atoms. The summed E-state index contributed by atoms with van der Waals surface area (Å²) in [6.07, 6.45) is 1.71. The van der Waals surface area contributed by atoms with Crippen LogP contribution in [-0.4, -0.2) is 27.3 Å². The number of esters is 1. The van der Waals surface area contributed by atoms with Crippen LogP contribution in [0.5, 0.6) is 23.0 Å². The summed E-state index contributed by atoms with van der Waals surface area (Å²) in [7, 11) is 4.57. The Labute approximate surface area is 194 Å². The molecule has 3 rings (SSSR count). The first-order chi connectivity index (χ1) is 15.5. The molecular formula is C25H20BrNO5. The van der Waals surface area contributed by atoms with Gasteiger partial charge < -0.3 is 18.9 Å². The van der Waals surface area contributed by atoms with Crippen molar-refractivity contribution in [1.29, 1.82) is 5.26 Å². The maximum absolute atomic E-state index is 12.5. The van der Waals surface area contributed by atoms with Gasteiger partial charge in [0.05, 0.1) is 38.5 Å². The van der Waals surface area contributed by atoms with Gasteiger partial charge in [-0.25, -0.2) is 4.79 Å². The highest BCUT2D eigenvalue weighted by Crippen LogP contribution is 2.33. The van der Waals surface area contributed by atoms with Crippen LogP contribution in [0.25, 0.3) is 11.6 Å². The number of methoxy groups -OCH3 is 3. The second-order valence-corrected chi connectivity index (χ2v) is 7.37. The zero-order valence-electron chi connectivity index (χ0n) is 17.7. The van der Waals surface area contributed by atoms with Gasteiger partial charge in [-0.05, 0) is 75.6 Å². The average molecular weight is 494 g/mol. The first-order valence-electron chi connectivity index (χ1n) is 9.49. The van der Waals surface area contributed by atoms with Crippen molar-refractivity contribution in [2.45, 2.75) is 0 Å². The van der Waals surface area contributed by atoms with Gasteiger partial charge in [-0.3, -0.25) is 0 Å². The number of rotatable bonds is 7. The highest BCUT2D eigenvalue weighted by Gasteiger charge is 2.15. The Bertz CT molecular complexity index is 1210. The van der Waals surface area contributed by atoms with E-state index in [-0.39, 0.29) is 5.75 Å². The van der Waals surface area contributed by atoms with E-state index in [1.807, 2.05) is 6.07 Å². The van der Waals surface area contributed by atoms with Crippen molar-refractivity contribution in [2.24, 2.45) is 0 Å². The Morgan fingerprint density at radius 1 is 0.875 bits per heavy atom. The molecule has 0 saturated carbocycles. The molecule has 0 atom stereocenters. The highest BCUT2D eigenvalue weighted by atomic mass is 79.9. The topological polar surface area (TPSA) is 77.8 Å². The molecule has 0 fully saturated rings. The summed E-state index contributed by atoms with van der Waals surface area (Å²) < 4.78 is 22.1. The van der Waals surface area contributed by atoms with Gasteiger partial charge in [-0.2, -0.15) is 5.26 Å². The first-order valence-corrected chi connectivity index (χ1v) is 10.3. The summed E-state index contributed by atoms with van der Waals surface area (Å²) >= 11 is 3.35. The normalized spacial score (nSPS) is 10.8. The number of carbonyl (C=O) groups excluding carboxylic acids is 1. The van der Waals surface area contributed by atoms with Crippen molar-refractivity contribution in [1.82, 2.24) is 0 Å². The average Bonchev–Trinajstić information content (AvgIpc) is 2.82. The van der Waals surface area contributed by atoms with Crippen LogP contribution in [0.3, 0.4) is 0 Å². The lowest BCUT2D eigenvalue weighted by molar-refractivity contribution is 0.0728. The minimum absolute atomic E-state index is 0.273. The van der Waals surface area contributed by atoms with Crippen molar-refractivity contribution in [3.8, 4) is 29.1 Å². The zero-order valence-corrected chi connectivity index (χ0v) is 19.3. The predicted molar refractivity (Wildman–Crippen MR) is 125 cm³/mol. The Morgan fingerprint density at radius 2 is 1.53 bits per heavy atom. The number of allylic oxidation sites excluding steroid dienone is 1. The second kappa shape index (κ2) is 10.5. The Morgan fingerprint density at radius 3 is 2.19 bits per heavy atom. The molecule has 0 unspecified atom stereocenters. The molecule has 0 aliphatic rings. The van der Waals surface area contributed by atoms with Crippen molar-refractivity contribution >= 4 is 33.5 Å². The molecular weight excluding hydrogens is 474 g/mol. The van der Waals surface area contributed by atoms with E-state index in [0.717, 1.165) is 0 Å². The van der Waals surface area contributed by atoms with Crippen LogP contribution in [0.15, 0.2) is 65.1 Å². The van der Waals surface area contributed by atoms with Crippen molar-refractivity contribution in [2.75, 3.05) is 21.3 Å². The van der Waals surface area contributed by atoms with E-state index in [1.165, 1.54) is 14.2 Å². The van der Waals surface area contributed by atoms with Crippen molar-refractivity contribution in [3.63, 3.8) is 0 Å². The van der Waals surface area contributed by atoms with Crippen LogP contribution in [0.1, 0.15) is 21.5 Å². The monoisotopic (exact) mass is 493 g/mol. The van der Waals surface area contributed by atoms with Gasteiger partial charge in [0, 0.05) is 4.47 Å². The molecule has 3 aromatic rings. The number of hydrogen-bond acceptors (Lipinski definition) is 6. The third kappa shape index (κ3) is 5.10. The SMILES string of the molecule is COc1ccc(/C(C#N)=C\c2ccc(OC(=O)c3ccccc3Br)c(OC)c2)cc1OC. The molecule has 0 bridgehead atoms. The summed E-state index contributed by atoms with van der Waals surface area (Å²) in [6, 6.07) is 19.5. The molecule has 0 aliphatic heterocycles. The van der Waals surface area contributed by atoms with Gasteiger partial charge in [0.2, 0.25) is 0 Å². The van der Waals surface area contributed by atoms with E-state index in [1.54, 1.807) is 67.8 Å². The predicted octanol–water partition coefficient (Wildman–Crippen LogP) is 5.76. The van der Waals surface area contributed by atoms with E-state index in [9.17, 15) is 10.1 Å². The molecule has 162 valence electrons. The maximum Gasteiger partial charge on any atom is 0.344 e. The second-order valence-electron chi connectivity index (χ2n) is 6.52. The van der Waals surface area contributed by atoms with Crippen molar-refractivity contribution < 1.29 is 23.7 Å². The smallest absolute Gasteiger partial charge is 0.344 e. The number of nitrogens with zero attached hydrogens (tertiary/aromatic N) is 1. The number of nitriles is 1. The van der Waals surface area contributed by atoms with Crippen LogP contribution < -0.4 is 18.9 Å². The molecule has 3 aromatic carbocycles. The third-order valence-electron chi connectivity index (χ3n) is 4.61. The zero-order chi connectivity index (χ0) is 23.1. The summed E-state index contributed by atoms with van der Waals surface area (Å²) in [5, 5.41) is 9.69. The fraction of sp³-hybridized carbons (Fsp3) is 0.120. The van der Waals surface area contributed by atoms with Gasteiger partial charge in [-0.1, -0.05) is 18.2 Å². The molecule has 0 aromatic heterocycles. The van der Waals surface area contributed by atoms with Gasteiger partial charge in [0.15, 0.2) is 23.0 Å². The lowest BCUT2D eigenvalue weighted by Crippen LogP contribution is -2.10. The molecule has 0 aliphatic carbocycles. The van der Waals surface area contributed by atoms with Crippen molar-refractivity contribution in [3.05, 3.63) is 81.8 Å². The molecule has 0 amide bonds. The first kappa shape index (κ1) is 22.9. The van der Waals surface area contributed by atoms with Crippen LogP contribution in [-0.2, 0) is 0 Å². The summed E-state index contributed by atoms with van der Waals surface area (Å²) in [6.45, 7) is 0. The lowest BCUT2D eigenvalue weighted by atomic mass is 10.0. The quantitative estimate of drug-likeness (QED) is 0.180. The fourth-order valence-electron chi connectivity index (χ4n) is 2.99. The van der Waals surface area contributed by atoms with Crippen LogP contribution in [0, 0.1) is 11.3 Å². The number of halogens is 1. The van der Waals surface area contributed by atoms with Gasteiger partial charge >= 0.3 is 5.97 Å². The van der Waals surface area contributed by atoms with Gasteiger partial charge in [0.25, 0.3) is 0 Å². The molecule has 7 heteroatoms. The number of carbonyl (C=O) groups is 1. The summed E-state index contributed by atoms with van der Waals surface area (Å²) in [4.78, 5) is 12.5. The number of hydrogen-bond donors (Lipinski definition) is 0. The third-order valence-corrected chi connectivity index (χ3v) is 5.30. The number of ether oxygens (including phenoxy) is 4. The van der Waals surface area contributed by atoms with E-state index >= 15 is 0 Å². The Balaban J connectivity index is 1.91. The molecule has 0 spiro atoms. The van der Waals surface area contributed by atoms with Crippen LogP contribution in [0.2, 0.25) is 0 Å². The molecule has 6 nitrogen and oxygen atoms in total. The molecule has 0 heterocycles. The summed E-state index contributed by atoms with van der Waals surface area (Å²) in [5.41, 5.74) is 2.20. The lowest BCUT2D eigenvalue weighted by Gasteiger charge is -2.11. The van der Waals surface area contributed by atoms with E-state index < -0.39 is 5.97 Å². The molecule has 0 saturated heterocycles. The van der Waals surface area contributed by atoms with Gasteiger partial charge in [0.1, 0.15) is 0 Å². The fourth-order valence-corrected chi connectivity index (χ4v) is 3.44. The standard InChI is InChI=1S/C25H20BrNO5/c1-29-21-11-9-17(14-24(21)31-3)18(15-27)12-16-8-10-22(23(13-16)30-2)32-25(28)19-6-4-5-7-20(19)26/h4-14H,1-3H3/b18-12-. The van der Waals surface area contributed by atoms with E-state index in [2.05, 4.69) is 22.0 Å². The highest BCUT2D eigenvalue weighted by molar-refractivity contribution is 9.10. The van der Waals surface area contributed by atoms with Gasteiger partial charge in [-0.15, -0.1) is 0 Å². The van der Waals surface area contributed by atoms with Crippen LogP contribution in [0.4, 0.5) is 0 Å². The maximum atomic E-state index is 12.5. The van der Waals surface area contributed by atoms with E-state index in [0.29, 0.717) is 44.0 Å². The van der Waals surface area contributed by atoms with E-state index in [4.69, 9.17) is 18.9 Å². The van der Waals surface area contributed by atoms with Crippen LogP contribution >= 0.6 is 15.9 Å². The number of benzene rings is 3. The Hall–Kier alpha value is -3.76. The molecule has 0 N–H and O–H groups in total. The largest absolute Gasteiger partial charge is 0.493 e. The Kier molecular flexibility index (Phi) is 7.53. The minimum Gasteiger partial charge on any atom is -0.493 e.